The van der Waals surface area contributed by atoms with Crippen LogP contribution >= 0.6 is 11.3 Å². The molecule has 2 amide bonds. The number of piperazine rings is 1. The number of hydrogen-bond acceptors (Lipinski definition) is 4. The Hall–Kier alpha value is -2.67. The Morgan fingerprint density at radius 1 is 1.30 bits per heavy atom. The molecule has 1 saturated heterocycles. The topological polar surface area (TPSA) is 78.1 Å². The minimum Gasteiger partial charge on any atom is -0.353 e. The summed E-state index contributed by atoms with van der Waals surface area (Å²) in [5, 5.41) is 6.33. The van der Waals surface area contributed by atoms with Crippen LogP contribution in [-0.4, -0.2) is 46.3 Å². The highest BCUT2D eigenvalue weighted by molar-refractivity contribution is 7.13. The molecule has 23 heavy (non-hydrogen) atoms. The van der Waals surface area contributed by atoms with E-state index in [-0.39, 0.29) is 18.4 Å². The molecule has 1 aliphatic heterocycles. The van der Waals surface area contributed by atoms with E-state index in [4.69, 9.17) is 0 Å². The summed E-state index contributed by atoms with van der Waals surface area (Å²) < 4.78 is 0. The van der Waals surface area contributed by atoms with E-state index in [2.05, 4.69) is 15.3 Å². The predicted molar refractivity (Wildman–Crippen MR) is 88.3 cm³/mol. The van der Waals surface area contributed by atoms with Crippen LogP contribution in [-0.2, 0) is 4.79 Å². The first-order chi connectivity index (χ1) is 11.2. The van der Waals surface area contributed by atoms with Gasteiger partial charge in [-0.1, -0.05) is 18.2 Å². The predicted octanol–water partition coefficient (Wildman–Crippen LogP) is 1.86. The van der Waals surface area contributed by atoms with E-state index in [0.717, 1.165) is 21.6 Å². The number of carbonyl (C=O) groups is 2. The van der Waals surface area contributed by atoms with Gasteiger partial charge in [-0.25, -0.2) is 4.98 Å². The number of rotatable bonds is 2. The molecule has 1 aromatic carbocycles. The largest absolute Gasteiger partial charge is 0.353 e. The average Bonchev–Trinajstić information content (AvgIpc) is 3.20. The monoisotopic (exact) mass is 326 g/mol. The number of nitrogens with one attached hydrogen (secondary N) is 2. The maximum absolute atomic E-state index is 12.4. The fraction of sp³-hybridized carbons (Fsp3) is 0.188. The fourth-order valence-corrected chi connectivity index (χ4v) is 3.42. The van der Waals surface area contributed by atoms with Crippen molar-refractivity contribution in [3.8, 4) is 10.7 Å². The van der Waals surface area contributed by atoms with Crippen molar-refractivity contribution in [1.29, 1.82) is 0 Å². The van der Waals surface area contributed by atoms with Crippen molar-refractivity contribution in [3.63, 3.8) is 0 Å². The molecular formula is C16H14N4O2S. The van der Waals surface area contributed by atoms with Crippen molar-refractivity contribution >= 4 is 34.1 Å². The molecule has 0 aliphatic carbocycles. The zero-order valence-electron chi connectivity index (χ0n) is 12.2. The molecule has 2 N–H and O–H groups in total. The third-order valence-corrected chi connectivity index (χ3v) is 4.68. The molecule has 0 spiro atoms. The molecule has 7 heteroatoms. The van der Waals surface area contributed by atoms with E-state index < -0.39 is 0 Å². The van der Waals surface area contributed by atoms with Gasteiger partial charge in [-0.3, -0.25) is 9.59 Å². The fourth-order valence-electron chi connectivity index (χ4n) is 2.66. The zero-order valence-corrected chi connectivity index (χ0v) is 13.0. The summed E-state index contributed by atoms with van der Waals surface area (Å²) in [5.74, 6) is -0.325. The van der Waals surface area contributed by atoms with Crippen LogP contribution in [0.25, 0.3) is 21.6 Å². The second kappa shape index (κ2) is 5.51. The third-order valence-electron chi connectivity index (χ3n) is 3.81. The van der Waals surface area contributed by atoms with Gasteiger partial charge in [-0.05, 0) is 12.1 Å². The van der Waals surface area contributed by atoms with Crippen LogP contribution in [0, 0.1) is 0 Å². The Balaban J connectivity index is 1.61. The van der Waals surface area contributed by atoms with Gasteiger partial charge in [-0.2, -0.15) is 0 Å². The first-order valence-corrected chi connectivity index (χ1v) is 8.18. The SMILES string of the molecule is O=C1CN(C(=O)c2csc(-c3cc4ccccc4[nH]3)n2)CCN1. The molecular weight excluding hydrogens is 312 g/mol. The first kappa shape index (κ1) is 14.0. The Bertz CT molecular complexity index is 865. The maximum Gasteiger partial charge on any atom is 0.273 e. The van der Waals surface area contributed by atoms with E-state index in [1.165, 1.54) is 16.2 Å². The maximum atomic E-state index is 12.4. The van der Waals surface area contributed by atoms with Gasteiger partial charge in [0.15, 0.2) is 0 Å². The smallest absolute Gasteiger partial charge is 0.273 e. The van der Waals surface area contributed by atoms with Crippen LogP contribution in [0.5, 0.6) is 0 Å². The number of thiazole rings is 1. The van der Waals surface area contributed by atoms with Crippen LogP contribution in [0.1, 0.15) is 10.5 Å². The van der Waals surface area contributed by atoms with Crippen LogP contribution in [0.2, 0.25) is 0 Å². The lowest BCUT2D eigenvalue weighted by molar-refractivity contribution is -0.123. The van der Waals surface area contributed by atoms with Crippen molar-refractivity contribution in [2.45, 2.75) is 0 Å². The highest BCUT2D eigenvalue weighted by Crippen LogP contribution is 2.27. The van der Waals surface area contributed by atoms with Gasteiger partial charge in [0.05, 0.1) is 12.2 Å². The number of amides is 2. The average molecular weight is 326 g/mol. The van der Waals surface area contributed by atoms with E-state index in [0.29, 0.717) is 18.8 Å². The quantitative estimate of drug-likeness (QED) is 0.754. The molecule has 0 saturated carbocycles. The zero-order chi connectivity index (χ0) is 15.8. The van der Waals surface area contributed by atoms with Crippen LogP contribution < -0.4 is 5.32 Å². The summed E-state index contributed by atoms with van der Waals surface area (Å²) in [4.78, 5) is 33.1. The van der Waals surface area contributed by atoms with Gasteiger partial charge >= 0.3 is 0 Å². The molecule has 2 aromatic heterocycles. The summed E-state index contributed by atoms with van der Waals surface area (Å²) in [5.41, 5.74) is 2.32. The number of H-pyrrole nitrogens is 1. The van der Waals surface area contributed by atoms with Gasteiger partial charge in [0.25, 0.3) is 5.91 Å². The van der Waals surface area contributed by atoms with Crippen LogP contribution in [0.4, 0.5) is 0 Å². The standard InChI is InChI=1S/C16H14N4O2S/c21-14-8-20(6-5-17-14)16(22)13-9-23-15(19-13)12-7-10-3-1-2-4-11(10)18-12/h1-4,7,9,18H,5-6,8H2,(H,17,21). The van der Waals surface area contributed by atoms with E-state index in [1.54, 1.807) is 5.38 Å². The molecule has 6 nitrogen and oxygen atoms in total. The summed E-state index contributed by atoms with van der Waals surface area (Å²) >= 11 is 1.42. The van der Waals surface area contributed by atoms with E-state index in [1.807, 2.05) is 30.3 Å². The van der Waals surface area contributed by atoms with E-state index >= 15 is 0 Å². The molecule has 0 bridgehead atoms. The molecule has 1 fully saturated rings. The minimum absolute atomic E-state index is 0.0953. The number of hydrogen-bond donors (Lipinski definition) is 2. The number of para-hydroxylation sites is 1. The van der Waals surface area contributed by atoms with Gasteiger partial charge in [0, 0.05) is 29.4 Å². The molecule has 0 unspecified atom stereocenters. The Morgan fingerprint density at radius 2 is 2.17 bits per heavy atom. The van der Waals surface area contributed by atoms with Gasteiger partial charge in [0.1, 0.15) is 10.7 Å². The van der Waals surface area contributed by atoms with Gasteiger partial charge in [0.2, 0.25) is 5.91 Å². The number of fused-ring (bicyclic) bond motifs is 1. The van der Waals surface area contributed by atoms with Crippen molar-refractivity contribution < 1.29 is 9.59 Å². The van der Waals surface area contributed by atoms with Crippen LogP contribution in [0.15, 0.2) is 35.7 Å². The number of carbonyl (C=O) groups excluding carboxylic acids is 2. The van der Waals surface area contributed by atoms with E-state index in [9.17, 15) is 9.59 Å². The summed E-state index contributed by atoms with van der Waals surface area (Å²) in [6, 6.07) is 10.0. The second-order valence-electron chi connectivity index (χ2n) is 5.38. The summed E-state index contributed by atoms with van der Waals surface area (Å²) in [6.07, 6.45) is 0. The first-order valence-electron chi connectivity index (χ1n) is 7.30. The lowest BCUT2D eigenvalue weighted by atomic mass is 10.2. The normalized spacial score (nSPS) is 15.0. The second-order valence-corrected chi connectivity index (χ2v) is 6.24. The third kappa shape index (κ3) is 2.59. The Morgan fingerprint density at radius 3 is 3.00 bits per heavy atom. The van der Waals surface area contributed by atoms with Crippen molar-refractivity contribution in [3.05, 3.63) is 41.4 Å². The Labute approximate surface area is 136 Å². The molecule has 0 atom stereocenters. The lowest BCUT2D eigenvalue weighted by Gasteiger charge is -2.25. The number of aromatic amines is 1. The number of aromatic nitrogens is 2. The summed E-state index contributed by atoms with van der Waals surface area (Å²) in [7, 11) is 0. The molecule has 4 rings (SSSR count). The van der Waals surface area contributed by atoms with Gasteiger partial charge in [-0.15, -0.1) is 11.3 Å². The number of nitrogens with zero attached hydrogens (tertiary/aromatic N) is 2. The summed E-state index contributed by atoms with van der Waals surface area (Å²) in [6.45, 7) is 1.10. The van der Waals surface area contributed by atoms with Crippen molar-refractivity contribution in [2.75, 3.05) is 19.6 Å². The Kier molecular flexibility index (Phi) is 3.34. The molecule has 0 radical (unpaired) electrons. The minimum atomic E-state index is -0.196. The highest BCUT2D eigenvalue weighted by Gasteiger charge is 2.24. The molecule has 1 aliphatic rings. The highest BCUT2D eigenvalue weighted by atomic mass is 32.1. The molecule has 116 valence electrons. The van der Waals surface area contributed by atoms with Crippen molar-refractivity contribution in [1.82, 2.24) is 20.2 Å². The number of benzene rings is 1. The molecule has 3 heterocycles. The van der Waals surface area contributed by atoms with Gasteiger partial charge < -0.3 is 15.2 Å². The van der Waals surface area contributed by atoms with Crippen LogP contribution in [0.3, 0.4) is 0 Å². The molecule has 3 aromatic rings. The lowest BCUT2D eigenvalue weighted by Crippen LogP contribution is -2.50. The van der Waals surface area contributed by atoms with Crippen molar-refractivity contribution in [2.24, 2.45) is 0 Å².